The van der Waals surface area contributed by atoms with Gasteiger partial charge < -0.3 is 5.53 Å². The Bertz CT molecular complexity index is 1240. The molecule has 1 aliphatic rings. The Kier molecular flexibility index (Phi) is 20.7. The molecular weight excluding hydrogens is 663 g/mol. The minimum absolute atomic E-state index is 0.957. The predicted octanol–water partition coefficient (Wildman–Crippen LogP) is 14.1. The van der Waals surface area contributed by atoms with E-state index in [-0.39, 0.29) is 0 Å². The molecule has 266 valence electrons. The third-order valence-corrected chi connectivity index (χ3v) is 11.1. The van der Waals surface area contributed by atoms with Crippen molar-refractivity contribution in [3.8, 4) is 0 Å². The van der Waals surface area contributed by atoms with Gasteiger partial charge in [0.25, 0.3) is 0 Å². The Morgan fingerprint density at radius 1 is 0.511 bits per heavy atom. The Morgan fingerprint density at radius 3 is 1.19 bits per heavy atom. The molecule has 0 N–H and O–H groups in total. The molecule has 0 saturated carbocycles. The van der Waals surface area contributed by atoms with Gasteiger partial charge in [0.1, 0.15) is 0 Å². The van der Waals surface area contributed by atoms with Crippen LogP contribution in [0.3, 0.4) is 0 Å². The van der Waals surface area contributed by atoms with Gasteiger partial charge >= 0.3 is 41.6 Å². The summed E-state index contributed by atoms with van der Waals surface area (Å²) in [6, 6.07) is 9.65. The number of hydrogen-bond acceptors (Lipinski definition) is 0. The van der Waals surface area contributed by atoms with Crippen LogP contribution in [0.4, 0.5) is 0 Å². The van der Waals surface area contributed by atoms with Crippen LogP contribution in [0.5, 0.6) is 0 Å². The Morgan fingerprint density at radius 2 is 0.872 bits per heavy atom. The summed E-state index contributed by atoms with van der Waals surface area (Å²) in [5, 5.41) is 0. The summed E-state index contributed by atoms with van der Waals surface area (Å²) in [6.07, 6.45) is 21.9. The standard InChI is InChI=1S/C40H60N2.2C2H5.Pd/c1-8-15-20-30-25-35(26-31(21-16-9-2)37(30)13-6)39-29-34(24-19-12-5)40(42(39)41)36-27-32(22-17-10-3)38(14-7)33(28-36)23-18-11-4;2*1-2;/h25-29H,8-24H2,1-7H3;2*1H2,2H3;. The fourth-order valence-electron chi connectivity index (χ4n) is 6.93. The summed E-state index contributed by atoms with van der Waals surface area (Å²) in [5.41, 5.74) is 26.7. The summed E-state index contributed by atoms with van der Waals surface area (Å²) in [7, 11) is 0. The van der Waals surface area contributed by atoms with E-state index in [1.54, 1.807) is 15.8 Å². The molecule has 2 aromatic carbocycles. The number of benzene rings is 2. The summed E-state index contributed by atoms with van der Waals surface area (Å²) < 4.78 is 1.56. The van der Waals surface area contributed by atoms with Gasteiger partial charge in [-0.1, -0.05) is 80.6 Å². The van der Waals surface area contributed by atoms with Crippen LogP contribution < -0.4 is 0 Å². The monoisotopic (exact) mass is 732 g/mol. The van der Waals surface area contributed by atoms with Crippen LogP contribution in [-0.4, -0.2) is 4.70 Å². The molecule has 0 fully saturated rings. The Balaban J connectivity index is 0.00000142. The second kappa shape index (κ2) is 23.5. The fraction of sp³-hybridized carbons (Fsp3) is 0.636. The van der Waals surface area contributed by atoms with Crippen molar-refractivity contribution in [2.75, 3.05) is 0 Å². The van der Waals surface area contributed by atoms with Gasteiger partial charge in [0, 0.05) is 22.8 Å². The summed E-state index contributed by atoms with van der Waals surface area (Å²) >= 11 is 1.04. The normalized spacial score (nSPS) is 13.0. The minimum atomic E-state index is 0.957. The zero-order valence-electron chi connectivity index (χ0n) is 32.0. The molecule has 3 rings (SSSR count). The van der Waals surface area contributed by atoms with Gasteiger partial charge in [-0.3, -0.25) is 0 Å². The van der Waals surface area contributed by atoms with Gasteiger partial charge in [0.15, 0.2) is 0 Å². The van der Waals surface area contributed by atoms with E-state index in [0.29, 0.717) is 0 Å². The number of hydrogen-bond donors (Lipinski definition) is 0. The zero-order chi connectivity index (χ0) is 34.6. The van der Waals surface area contributed by atoms with Crippen LogP contribution in [0.15, 0.2) is 35.9 Å². The van der Waals surface area contributed by atoms with Crippen LogP contribution in [-0.2, 0) is 56.5 Å². The van der Waals surface area contributed by atoms with Crippen molar-refractivity contribution in [3.05, 3.63) is 86.0 Å². The van der Waals surface area contributed by atoms with Gasteiger partial charge in [-0.05, 0) is 135 Å². The molecule has 0 aromatic heterocycles. The number of aryl methyl sites for hydroxylation is 4. The van der Waals surface area contributed by atoms with E-state index in [9.17, 15) is 5.53 Å². The van der Waals surface area contributed by atoms with E-state index in [1.165, 1.54) is 100 Å². The molecule has 0 amide bonds. The quantitative estimate of drug-likeness (QED) is 0.0902. The second-order valence-electron chi connectivity index (χ2n) is 13.1. The summed E-state index contributed by atoms with van der Waals surface area (Å²) in [6.45, 7) is 20.5. The van der Waals surface area contributed by atoms with Gasteiger partial charge in [0.2, 0.25) is 11.4 Å². The van der Waals surface area contributed by atoms with Crippen molar-refractivity contribution >= 4 is 11.4 Å². The van der Waals surface area contributed by atoms with Crippen molar-refractivity contribution < 1.29 is 22.7 Å². The Hall–Kier alpha value is -1.82. The van der Waals surface area contributed by atoms with Crippen LogP contribution >= 0.6 is 0 Å². The first-order valence-electron chi connectivity index (χ1n) is 19.6. The molecule has 0 aliphatic carbocycles. The van der Waals surface area contributed by atoms with Crippen molar-refractivity contribution in [3.63, 3.8) is 0 Å². The first kappa shape index (κ1) is 41.4. The van der Waals surface area contributed by atoms with Gasteiger partial charge in [-0.2, -0.15) is 0 Å². The predicted molar refractivity (Wildman–Crippen MR) is 205 cm³/mol. The van der Waals surface area contributed by atoms with Crippen molar-refractivity contribution in [1.29, 1.82) is 0 Å². The number of unbranched alkanes of at least 4 members (excludes halogenated alkanes) is 5. The van der Waals surface area contributed by atoms with Crippen LogP contribution in [0.1, 0.15) is 177 Å². The molecule has 0 bridgehead atoms. The molecule has 3 heteroatoms. The topological polar surface area (TPSA) is 25.3 Å². The average Bonchev–Trinajstić information content (AvgIpc) is 3.42. The van der Waals surface area contributed by atoms with Crippen molar-refractivity contribution in [2.24, 2.45) is 0 Å². The molecule has 0 saturated heterocycles. The number of nitrogens with zero attached hydrogens (tertiary/aromatic N) is 2. The molecule has 0 atom stereocenters. The van der Waals surface area contributed by atoms with Crippen molar-refractivity contribution in [1.82, 2.24) is 0 Å². The second-order valence-corrected chi connectivity index (χ2v) is 16.1. The van der Waals surface area contributed by atoms with E-state index < -0.39 is 0 Å². The molecular formula is C44H70N2Pd. The molecule has 47 heavy (non-hydrogen) atoms. The Labute approximate surface area is 300 Å². The van der Waals surface area contributed by atoms with Crippen LogP contribution in [0, 0.1) is 0 Å². The molecule has 1 aliphatic heterocycles. The number of rotatable bonds is 21. The number of allylic oxidation sites excluding steroid dienone is 2. The maximum absolute atomic E-state index is 12.1. The molecule has 1 heterocycles. The molecule has 0 radical (unpaired) electrons. The van der Waals surface area contributed by atoms with E-state index in [2.05, 4.69) is 92.7 Å². The third-order valence-electron chi connectivity index (χ3n) is 9.52. The summed E-state index contributed by atoms with van der Waals surface area (Å²) in [5.74, 6) is 0. The zero-order valence-corrected chi connectivity index (χ0v) is 33.6. The van der Waals surface area contributed by atoms with Crippen molar-refractivity contribution in [2.45, 2.75) is 181 Å². The SMILES string of the molecule is CCCCC1=C(c2cc(CCCC)c(CC)c(CCCC)c2)[N+](=[N-])C(c2cc(CCCC)c(CC)c(CCCC)c2)=C1.C[CH2][Pd][CH2]C. The van der Waals surface area contributed by atoms with Gasteiger partial charge in [-0.25, -0.2) is 4.70 Å². The maximum atomic E-state index is 12.1. The van der Waals surface area contributed by atoms with E-state index in [1.807, 2.05) is 0 Å². The molecule has 2 aromatic rings. The van der Waals surface area contributed by atoms with E-state index >= 15 is 0 Å². The molecule has 2 nitrogen and oxygen atoms in total. The summed E-state index contributed by atoms with van der Waals surface area (Å²) in [4.78, 5) is 2.79. The van der Waals surface area contributed by atoms with E-state index in [4.69, 9.17) is 0 Å². The first-order valence-corrected chi connectivity index (χ1v) is 21.8. The molecule has 0 unspecified atom stereocenters. The average molecular weight is 733 g/mol. The first-order chi connectivity index (χ1) is 22.9. The third kappa shape index (κ3) is 12.2. The van der Waals surface area contributed by atoms with Crippen LogP contribution in [0.2, 0.25) is 9.79 Å². The van der Waals surface area contributed by atoms with Crippen LogP contribution in [0.25, 0.3) is 16.9 Å². The molecule has 0 spiro atoms. The van der Waals surface area contributed by atoms with Gasteiger partial charge in [0.05, 0.1) is 0 Å². The fourth-order valence-corrected chi connectivity index (χ4v) is 7.71. The van der Waals surface area contributed by atoms with Gasteiger partial charge in [-0.15, -0.1) is 0 Å². The van der Waals surface area contributed by atoms with E-state index in [0.717, 1.165) is 87.2 Å².